The van der Waals surface area contributed by atoms with E-state index in [1.807, 2.05) is 27.7 Å². The van der Waals surface area contributed by atoms with E-state index in [1.54, 1.807) is 24.3 Å². The number of hydrogen-bond donors (Lipinski definition) is 1. The van der Waals surface area contributed by atoms with Crippen molar-refractivity contribution in [3.63, 3.8) is 0 Å². The minimum Gasteiger partial charge on any atom is -0.453 e. The lowest BCUT2D eigenvalue weighted by Gasteiger charge is -2.21. The molecule has 0 unspecified atom stereocenters. The van der Waals surface area contributed by atoms with Crippen molar-refractivity contribution in [3.05, 3.63) is 73.5 Å². The van der Waals surface area contributed by atoms with E-state index in [2.05, 4.69) is 31.6 Å². The first kappa shape index (κ1) is 18.4. The smallest absolute Gasteiger partial charge is 0.150 e. The van der Waals surface area contributed by atoms with Gasteiger partial charge in [0.1, 0.15) is 11.5 Å². The quantitative estimate of drug-likeness (QED) is 0.768. The van der Waals surface area contributed by atoms with Crippen LogP contribution in [0.4, 0.5) is 0 Å². The highest BCUT2D eigenvalue weighted by Gasteiger charge is 2.14. The summed E-state index contributed by atoms with van der Waals surface area (Å²) in [6.07, 6.45) is 6.57. The van der Waals surface area contributed by atoms with Crippen molar-refractivity contribution in [3.8, 4) is 0 Å². The van der Waals surface area contributed by atoms with Crippen LogP contribution in [0.3, 0.4) is 0 Å². The molecule has 0 atom stereocenters. The van der Waals surface area contributed by atoms with Crippen molar-refractivity contribution < 1.29 is 4.74 Å². The van der Waals surface area contributed by atoms with Gasteiger partial charge in [0, 0.05) is 0 Å². The Morgan fingerprint density at radius 3 is 1.28 bits per heavy atom. The summed E-state index contributed by atoms with van der Waals surface area (Å²) in [4.78, 5) is 0. The molecule has 0 aromatic heterocycles. The van der Waals surface area contributed by atoms with Crippen LogP contribution in [-0.2, 0) is 4.74 Å². The van der Waals surface area contributed by atoms with Gasteiger partial charge < -0.3 is 10.1 Å². The molecule has 0 fully saturated rings. The maximum absolute atomic E-state index is 5.51. The third kappa shape index (κ3) is 4.91. The van der Waals surface area contributed by atoms with E-state index in [4.69, 9.17) is 4.74 Å². The Hall–Kier alpha value is -1.96. The van der Waals surface area contributed by atoms with Crippen LogP contribution < -0.4 is 5.32 Å². The molecule has 2 nitrogen and oxygen atoms in total. The molecule has 1 heterocycles. The van der Waals surface area contributed by atoms with Gasteiger partial charge in [0.2, 0.25) is 0 Å². The molecule has 0 radical (unpaired) electrons. The van der Waals surface area contributed by atoms with Crippen LogP contribution >= 0.6 is 0 Å². The Labute approximate surface area is 112 Å². The van der Waals surface area contributed by atoms with Gasteiger partial charge in [0.05, 0.1) is 11.4 Å². The lowest BCUT2D eigenvalue weighted by atomic mass is 10.2. The average molecular weight is 247 g/mol. The molecule has 0 saturated carbocycles. The summed E-state index contributed by atoms with van der Waals surface area (Å²) in [5, 5.41) is 3.11. The molecule has 0 aromatic rings. The third-order valence-corrected chi connectivity index (χ3v) is 1.80. The van der Waals surface area contributed by atoms with Gasteiger partial charge in [-0.2, -0.15) is 0 Å². The van der Waals surface area contributed by atoms with E-state index >= 15 is 0 Å². The predicted molar refractivity (Wildman–Crippen MR) is 81.8 cm³/mol. The molecule has 0 aromatic carbocycles. The summed E-state index contributed by atoms with van der Waals surface area (Å²) >= 11 is 0. The van der Waals surface area contributed by atoms with Gasteiger partial charge in [0.25, 0.3) is 0 Å². The molecular formula is C16H25NO. The van der Waals surface area contributed by atoms with Crippen LogP contribution in [0, 0.1) is 0 Å². The Kier molecular flexibility index (Phi) is 11.8. The number of allylic oxidation sites excluding steroid dienone is 4. The van der Waals surface area contributed by atoms with E-state index in [9.17, 15) is 0 Å². The van der Waals surface area contributed by atoms with Crippen molar-refractivity contribution in [1.29, 1.82) is 0 Å². The predicted octanol–water partition coefficient (Wildman–Crippen LogP) is 4.83. The molecule has 0 saturated heterocycles. The van der Waals surface area contributed by atoms with Crippen LogP contribution in [0.5, 0.6) is 0 Å². The monoisotopic (exact) mass is 247 g/mol. The topological polar surface area (TPSA) is 21.3 Å². The highest BCUT2D eigenvalue weighted by molar-refractivity contribution is 5.40. The normalized spacial score (nSPS) is 12.7. The van der Waals surface area contributed by atoms with Crippen molar-refractivity contribution in [2.24, 2.45) is 0 Å². The molecule has 2 heteroatoms. The fraction of sp³-hybridized carbons (Fsp3) is 0.250. The third-order valence-electron chi connectivity index (χ3n) is 1.80. The Morgan fingerprint density at radius 2 is 1.06 bits per heavy atom. The molecule has 1 N–H and O–H groups in total. The maximum Gasteiger partial charge on any atom is 0.150 e. The summed E-state index contributed by atoms with van der Waals surface area (Å²) < 4.78 is 5.51. The summed E-state index contributed by atoms with van der Waals surface area (Å²) in [5.74, 6) is 1.28. The van der Waals surface area contributed by atoms with Crippen LogP contribution in [0.15, 0.2) is 73.5 Å². The van der Waals surface area contributed by atoms with E-state index in [1.165, 1.54) is 0 Å². The highest BCUT2D eigenvalue weighted by atomic mass is 16.5. The second-order valence-corrected chi connectivity index (χ2v) is 2.60. The van der Waals surface area contributed by atoms with Crippen molar-refractivity contribution in [2.75, 3.05) is 0 Å². The molecule has 0 amide bonds. The van der Waals surface area contributed by atoms with E-state index < -0.39 is 0 Å². The van der Waals surface area contributed by atoms with Gasteiger partial charge in [0.15, 0.2) is 0 Å². The van der Waals surface area contributed by atoms with Crippen LogP contribution in [0.25, 0.3) is 0 Å². The van der Waals surface area contributed by atoms with Crippen LogP contribution in [0.1, 0.15) is 27.7 Å². The molecule has 18 heavy (non-hydrogen) atoms. The van der Waals surface area contributed by atoms with Gasteiger partial charge in [-0.25, -0.2) is 0 Å². The summed E-state index contributed by atoms with van der Waals surface area (Å²) in [5.41, 5.74) is 1.56. The molecule has 1 rings (SSSR count). The van der Waals surface area contributed by atoms with Gasteiger partial charge >= 0.3 is 0 Å². The zero-order valence-corrected chi connectivity index (χ0v) is 12.0. The SMILES string of the molecule is C=CC1=C(C=C)OC(C=C)=C(C=C)N1.CC.CC. The van der Waals surface area contributed by atoms with Crippen molar-refractivity contribution >= 4 is 0 Å². The highest BCUT2D eigenvalue weighted by Crippen LogP contribution is 2.21. The minimum absolute atomic E-state index is 0.639. The summed E-state index contributed by atoms with van der Waals surface area (Å²) in [7, 11) is 0. The lowest BCUT2D eigenvalue weighted by Crippen LogP contribution is -2.19. The van der Waals surface area contributed by atoms with Gasteiger partial charge in [-0.3, -0.25) is 0 Å². The Balaban J connectivity index is 0. The minimum atomic E-state index is 0.639. The van der Waals surface area contributed by atoms with Gasteiger partial charge in [-0.05, 0) is 24.3 Å². The van der Waals surface area contributed by atoms with Crippen LogP contribution in [-0.4, -0.2) is 0 Å². The van der Waals surface area contributed by atoms with Gasteiger partial charge in [-0.1, -0.05) is 54.0 Å². The van der Waals surface area contributed by atoms with Crippen molar-refractivity contribution in [2.45, 2.75) is 27.7 Å². The molecule has 0 spiro atoms. The molecule has 0 bridgehead atoms. The first-order chi connectivity index (χ1) is 8.76. The van der Waals surface area contributed by atoms with Crippen LogP contribution in [0.2, 0.25) is 0 Å². The standard InChI is InChI=1S/C12H13NO.2C2H6/c1-5-9-11(7-3)14-12(8-4)10(6-2)13-9;2*1-2/h5-8,13H,1-4H2;2*1-2H3. The lowest BCUT2D eigenvalue weighted by molar-refractivity contribution is 0.314. The first-order valence-corrected chi connectivity index (χ1v) is 6.20. The fourth-order valence-electron chi connectivity index (χ4n) is 1.10. The number of ether oxygens (including phenoxy) is 1. The summed E-state index contributed by atoms with van der Waals surface area (Å²) in [6, 6.07) is 0. The maximum atomic E-state index is 5.51. The van der Waals surface area contributed by atoms with E-state index in [-0.39, 0.29) is 0 Å². The second-order valence-electron chi connectivity index (χ2n) is 2.60. The molecule has 100 valence electrons. The van der Waals surface area contributed by atoms with Gasteiger partial charge in [-0.15, -0.1) is 0 Å². The molecule has 1 aliphatic rings. The zero-order valence-electron chi connectivity index (χ0n) is 12.0. The van der Waals surface area contributed by atoms with E-state index in [0.29, 0.717) is 11.5 Å². The van der Waals surface area contributed by atoms with Crippen molar-refractivity contribution in [1.82, 2.24) is 5.32 Å². The first-order valence-electron chi connectivity index (χ1n) is 6.20. The largest absolute Gasteiger partial charge is 0.453 e. The molecule has 1 aliphatic heterocycles. The average Bonchev–Trinajstić information content (AvgIpc) is 2.49. The second kappa shape index (κ2) is 11.5. The fourth-order valence-corrected chi connectivity index (χ4v) is 1.10. The zero-order chi connectivity index (χ0) is 14.6. The summed E-state index contributed by atoms with van der Waals surface area (Å²) in [6.45, 7) is 22.6. The number of nitrogens with one attached hydrogen (secondary N) is 1. The number of hydrogen-bond acceptors (Lipinski definition) is 2. The number of rotatable bonds is 4. The Morgan fingerprint density at radius 1 is 0.722 bits per heavy atom. The molecule has 0 aliphatic carbocycles. The Bertz CT molecular complexity index is 291. The van der Waals surface area contributed by atoms with E-state index in [0.717, 1.165) is 11.4 Å². The molecular weight excluding hydrogens is 222 g/mol.